The molecule has 2 aromatic carbocycles. The summed E-state index contributed by atoms with van der Waals surface area (Å²) < 4.78 is 44.2. The molecule has 3 rings (SSSR count). The van der Waals surface area contributed by atoms with Gasteiger partial charge in [-0.25, -0.2) is 0 Å². The van der Waals surface area contributed by atoms with Crippen molar-refractivity contribution in [3.8, 4) is 5.75 Å². The molecule has 1 amide bonds. The molecule has 1 aromatic heterocycles. The third-order valence-corrected chi connectivity index (χ3v) is 4.16. The fourth-order valence-electron chi connectivity index (χ4n) is 2.80. The lowest BCUT2D eigenvalue weighted by Crippen LogP contribution is -2.29. The number of fused-ring (bicyclic) bond motifs is 1. The highest BCUT2D eigenvalue weighted by Crippen LogP contribution is 2.34. The van der Waals surface area contributed by atoms with Crippen LogP contribution in [0.2, 0.25) is 0 Å². The molecular weight excluding hydrogens is 361 g/mol. The van der Waals surface area contributed by atoms with Gasteiger partial charge in [0.1, 0.15) is 11.4 Å². The fourth-order valence-corrected chi connectivity index (χ4v) is 2.80. The number of aromatic amines is 1. The van der Waals surface area contributed by atoms with Crippen molar-refractivity contribution in [3.63, 3.8) is 0 Å². The molecule has 27 heavy (non-hydrogen) atoms. The molecule has 3 N–H and O–H groups in total. The summed E-state index contributed by atoms with van der Waals surface area (Å²) in [7, 11) is 1.53. The van der Waals surface area contributed by atoms with Gasteiger partial charge in [0, 0.05) is 23.5 Å². The van der Waals surface area contributed by atoms with Crippen LogP contribution in [-0.4, -0.2) is 29.7 Å². The smallest absolute Gasteiger partial charge is 0.416 e. The number of amides is 1. The van der Waals surface area contributed by atoms with Crippen LogP contribution < -0.4 is 10.1 Å². The zero-order valence-corrected chi connectivity index (χ0v) is 14.3. The summed E-state index contributed by atoms with van der Waals surface area (Å²) in [5.74, 6) is 0.0872. The Morgan fingerprint density at radius 2 is 1.96 bits per heavy atom. The number of carbonyl (C=O) groups excluding carboxylic acids is 1. The molecule has 0 spiro atoms. The standard InChI is InChI=1S/C19H17F3N2O3/c1-27-12-7-6-11-8-16(24-15(11)9-12)18(26)23-10-17(25)13-4-2-3-5-14(13)19(20,21)22/h2-9,17,24-25H,10H2,1H3,(H,23,26). The van der Waals surface area contributed by atoms with Gasteiger partial charge in [-0.15, -0.1) is 0 Å². The second kappa shape index (κ2) is 7.32. The van der Waals surface area contributed by atoms with Crippen LogP contribution >= 0.6 is 0 Å². The van der Waals surface area contributed by atoms with Crippen molar-refractivity contribution >= 4 is 16.8 Å². The zero-order chi connectivity index (χ0) is 19.6. The third kappa shape index (κ3) is 4.06. The molecule has 1 heterocycles. The van der Waals surface area contributed by atoms with Gasteiger partial charge in [0.25, 0.3) is 5.91 Å². The number of aromatic nitrogens is 1. The van der Waals surface area contributed by atoms with E-state index in [1.165, 1.54) is 25.3 Å². The number of hydrogen-bond donors (Lipinski definition) is 3. The Kier molecular flexibility index (Phi) is 5.09. The number of nitrogens with one attached hydrogen (secondary N) is 2. The van der Waals surface area contributed by atoms with Crippen molar-refractivity contribution in [1.82, 2.24) is 10.3 Å². The molecule has 0 saturated heterocycles. The van der Waals surface area contributed by atoms with Crippen LogP contribution in [0, 0.1) is 0 Å². The summed E-state index contributed by atoms with van der Waals surface area (Å²) in [5.41, 5.74) is -0.298. The van der Waals surface area contributed by atoms with Gasteiger partial charge in [-0.1, -0.05) is 18.2 Å². The van der Waals surface area contributed by atoms with Crippen LogP contribution in [0.25, 0.3) is 10.9 Å². The van der Waals surface area contributed by atoms with E-state index in [1.807, 2.05) is 0 Å². The number of H-pyrrole nitrogens is 1. The lowest BCUT2D eigenvalue weighted by Gasteiger charge is -2.17. The fraction of sp³-hybridized carbons (Fsp3) is 0.211. The molecule has 0 aliphatic rings. The molecule has 0 radical (unpaired) electrons. The Balaban J connectivity index is 1.72. The highest BCUT2D eigenvalue weighted by Gasteiger charge is 2.34. The molecule has 0 fully saturated rings. The van der Waals surface area contributed by atoms with Crippen molar-refractivity contribution in [1.29, 1.82) is 0 Å². The van der Waals surface area contributed by atoms with E-state index in [4.69, 9.17) is 4.74 Å². The van der Waals surface area contributed by atoms with Crippen molar-refractivity contribution < 1.29 is 27.8 Å². The Morgan fingerprint density at radius 1 is 1.22 bits per heavy atom. The Morgan fingerprint density at radius 3 is 2.67 bits per heavy atom. The van der Waals surface area contributed by atoms with Crippen LogP contribution in [0.3, 0.4) is 0 Å². The number of hydrogen-bond acceptors (Lipinski definition) is 3. The van der Waals surface area contributed by atoms with E-state index in [9.17, 15) is 23.1 Å². The van der Waals surface area contributed by atoms with E-state index >= 15 is 0 Å². The highest BCUT2D eigenvalue weighted by molar-refractivity contribution is 5.98. The second-order valence-corrected chi connectivity index (χ2v) is 5.95. The van der Waals surface area contributed by atoms with Gasteiger partial charge in [0.2, 0.25) is 0 Å². The van der Waals surface area contributed by atoms with Crippen molar-refractivity contribution in [2.24, 2.45) is 0 Å². The van der Waals surface area contributed by atoms with E-state index in [2.05, 4.69) is 10.3 Å². The van der Waals surface area contributed by atoms with Crippen molar-refractivity contribution in [2.75, 3.05) is 13.7 Å². The van der Waals surface area contributed by atoms with Crippen molar-refractivity contribution in [2.45, 2.75) is 12.3 Å². The first-order valence-corrected chi connectivity index (χ1v) is 8.08. The van der Waals surface area contributed by atoms with Crippen LogP contribution in [-0.2, 0) is 6.18 Å². The lowest BCUT2D eigenvalue weighted by atomic mass is 10.0. The minimum absolute atomic E-state index is 0.231. The summed E-state index contributed by atoms with van der Waals surface area (Å²) in [6, 6.07) is 11.6. The van der Waals surface area contributed by atoms with Crippen molar-refractivity contribution in [3.05, 3.63) is 65.4 Å². The summed E-state index contributed by atoms with van der Waals surface area (Å²) >= 11 is 0. The highest BCUT2D eigenvalue weighted by atomic mass is 19.4. The largest absolute Gasteiger partial charge is 0.497 e. The zero-order valence-electron chi connectivity index (χ0n) is 14.3. The molecule has 0 aliphatic heterocycles. The molecule has 0 aliphatic carbocycles. The summed E-state index contributed by atoms with van der Waals surface area (Å²) in [4.78, 5) is 15.2. The number of aliphatic hydroxyl groups is 1. The molecular formula is C19H17F3N2O3. The van der Waals surface area contributed by atoms with Gasteiger partial charge in [-0.05, 0) is 29.8 Å². The number of alkyl halides is 3. The first kappa shape index (κ1) is 18.8. The summed E-state index contributed by atoms with van der Waals surface area (Å²) in [5, 5.41) is 13.4. The minimum atomic E-state index is -4.59. The molecule has 142 valence electrons. The molecule has 1 atom stereocenters. The van der Waals surface area contributed by atoms with Gasteiger partial charge in [-0.2, -0.15) is 13.2 Å². The Hall–Kier alpha value is -3.00. The maximum Gasteiger partial charge on any atom is 0.416 e. The van der Waals surface area contributed by atoms with E-state index < -0.39 is 23.8 Å². The monoisotopic (exact) mass is 378 g/mol. The second-order valence-electron chi connectivity index (χ2n) is 5.95. The number of aliphatic hydroxyl groups excluding tert-OH is 1. The molecule has 0 bridgehead atoms. The number of rotatable bonds is 5. The Labute approximate surface area is 152 Å². The number of benzene rings is 2. The topological polar surface area (TPSA) is 74.3 Å². The number of halogens is 3. The SMILES string of the molecule is COc1ccc2cc(C(=O)NCC(O)c3ccccc3C(F)(F)F)[nH]c2c1. The summed E-state index contributed by atoms with van der Waals surface area (Å²) in [6.45, 7) is -0.357. The van der Waals surface area contributed by atoms with E-state index in [1.54, 1.807) is 24.3 Å². The number of ether oxygens (including phenoxy) is 1. The predicted octanol–water partition coefficient (Wildman–Crippen LogP) is 3.66. The average molecular weight is 378 g/mol. The number of methoxy groups -OCH3 is 1. The minimum Gasteiger partial charge on any atom is -0.497 e. The molecule has 0 saturated carbocycles. The Bertz CT molecular complexity index is 966. The third-order valence-electron chi connectivity index (χ3n) is 4.16. The lowest BCUT2D eigenvalue weighted by molar-refractivity contribution is -0.139. The van der Waals surface area contributed by atoms with E-state index in [-0.39, 0.29) is 17.8 Å². The molecule has 8 heteroatoms. The number of carbonyl (C=O) groups is 1. The predicted molar refractivity (Wildman–Crippen MR) is 93.6 cm³/mol. The maximum absolute atomic E-state index is 13.0. The molecule has 3 aromatic rings. The van der Waals surface area contributed by atoms with Gasteiger partial charge in [0.05, 0.1) is 18.8 Å². The van der Waals surface area contributed by atoms with Crippen LogP contribution in [0.1, 0.15) is 27.7 Å². The molecule has 1 unspecified atom stereocenters. The van der Waals surface area contributed by atoms with E-state index in [0.29, 0.717) is 11.3 Å². The quantitative estimate of drug-likeness (QED) is 0.634. The van der Waals surface area contributed by atoms with Gasteiger partial charge < -0.3 is 20.1 Å². The first-order chi connectivity index (χ1) is 12.8. The maximum atomic E-state index is 13.0. The van der Waals surface area contributed by atoms with E-state index in [0.717, 1.165) is 11.5 Å². The molecule has 5 nitrogen and oxygen atoms in total. The normalized spacial score (nSPS) is 12.8. The average Bonchev–Trinajstić information content (AvgIpc) is 3.08. The summed E-state index contributed by atoms with van der Waals surface area (Å²) in [6.07, 6.45) is -6.08. The van der Waals surface area contributed by atoms with Gasteiger partial charge in [-0.3, -0.25) is 4.79 Å². The van der Waals surface area contributed by atoms with Crippen LogP contribution in [0.15, 0.2) is 48.5 Å². The van der Waals surface area contributed by atoms with Crippen LogP contribution in [0.4, 0.5) is 13.2 Å². The van der Waals surface area contributed by atoms with Crippen LogP contribution in [0.5, 0.6) is 5.75 Å². The first-order valence-electron chi connectivity index (χ1n) is 8.08. The van der Waals surface area contributed by atoms with Gasteiger partial charge in [0.15, 0.2) is 0 Å². The van der Waals surface area contributed by atoms with Gasteiger partial charge >= 0.3 is 6.18 Å².